The van der Waals surface area contributed by atoms with Gasteiger partial charge in [0.05, 0.1) is 12.3 Å². The minimum Gasteiger partial charge on any atom is -0.357 e. The molecule has 0 spiro atoms. The van der Waals surface area contributed by atoms with Crippen LogP contribution in [-0.4, -0.2) is 58.3 Å². The Bertz CT molecular complexity index is 736. The molecule has 0 heterocycles. The lowest BCUT2D eigenvalue weighted by Crippen LogP contribution is -2.38. The first kappa shape index (κ1) is 24.4. The molecule has 0 unspecified atom stereocenters. The van der Waals surface area contributed by atoms with E-state index in [9.17, 15) is 12.8 Å². The molecule has 0 aliphatic heterocycles. The molecule has 0 aliphatic rings. The number of aliphatic imine (C=N–C) groups is 1. The smallest absolute Gasteiger partial charge is 0.191 e. The van der Waals surface area contributed by atoms with Gasteiger partial charge in [0, 0.05) is 25.4 Å². The van der Waals surface area contributed by atoms with Crippen LogP contribution in [0.5, 0.6) is 0 Å². The average molecular weight is 415 g/mol. The van der Waals surface area contributed by atoms with Crippen LogP contribution in [0, 0.1) is 5.82 Å². The number of benzene rings is 1. The molecule has 8 heteroatoms. The quantitative estimate of drug-likeness (QED) is 0.331. The third-order valence-electron chi connectivity index (χ3n) is 4.45. The Kier molecular flexibility index (Phi) is 10.5. The second-order valence-electron chi connectivity index (χ2n) is 7.39. The maximum absolute atomic E-state index is 13.6. The topological polar surface area (TPSA) is 73.8 Å². The molecule has 0 saturated heterocycles. The molecule has 1 aromatic carbocycles. The first-order valence-electron chi connectivity index (χ1n) is 9.79. The summed E-state index contributed by atoms with van der Waals surface area (Å²) in [7, 11) is -1.08. The summed E-state index contributed by atoms with van der Waals surface area (Å²) >= 11 is 0. The lowest BCUT2D eigenvalue weighted by atomic mass is 10.1. The molecule has 0 fully saturated rings. The number of nitrogens with zero attached hydrogens (tertiary/aromatic N) is 2. The Morgan fingerprint density at radius 2 is 1.93 bits per heavy atom. The van der Waals surface area contributed by atoms with Gasteiger partial charge in [-0.1, -0.05) is 6.07 Å². The normalized spacial score (nSPS) is 12.6. The summed E-state index contributed by atoms with van der Waals surface area (Å²) in [5.74, 6) is 0.134. The van der Waals surface area contributed by atoms with E-state index in [1.165, 1.54) is 24.5 Å². The second-order valence-corrected chi connectivity index (χ2v) is 9.53. The Balaban J connectivity index is 2.68. The highest BCUT2D eigenvalue weighted by Crippen LogP contribution is 2.15. The molecule has 28 heavy (non-hydrogen) atoms. The molecule has 0 atom stereocenters. The van der Waals surface area contributed by atoms with Gasteiger partial charge in [0.2, 0.25) is 0 Å². The van der Waals surface area contributed by atoms with Crippen molar-refractivity contribution in [2.24, 2.45) is 4.99 Å². The predicted octanol–water partition coefficient (Wildman–Crippen LogP) is 2.55. The first-order valence-corrected chi connectivity index (χ1v) is 11.9. The van der Waals surface area contributed by atoms with Crippen LogP contribution in [0.3, 0.4) is 0 Å². The lowest BCUT2D eigenvalue weighted by molar-refractivity contribution is 0.268. The zero-order valence-electron chi connectivity index (χ0n) is 17.8. The minimum atomic E-state index is -3.20. The maximum atomic E-state index is 13.6. The van der Waals surface area contributed by atoms with Crippen molar-refractivity contribution >= 4 is 15.8 Å². The van der Waals surface area contributed by atoms with E-state index in [1.807, 2.05) is 6.92 Å². The van der Waals surface area contributed by atoms with Crippen molar-refractivity contribution in [1.29, 1.82) is 0 Å². The standard InChI is InChI=1S/C20H35FN4O2S/c1-6-22-20(23-11-7-8-12-25(4)16(2)3)24-14-18-13-19(21)10-9-17(18)15-28(5,26)27/h9-10,13,16H,6-8,11-12,14-15H2,1-5H3,(H2,22,23,24). The molecule has 6 nitrogen and oxygen atoms in total. The first-order chi connectivity index (χ1) is 13.1. The number of hydrogen-bond acceptors (Lipinski definition) is 4. The summed E-state index contributed by atoms with van der Waals surface area (Å²) in [6.45, 7) is 9.10. The molecule has 1 aromatic rings. The summed E-state index contributed by atoms with van der Waals surface area (Å²) in [6.07, 6.45) is 3.27. The highest BCUT2D eigenvalue weighted by atomic mass is 32.2. The lowest BCUT2D eigenvalue weighted by Gasteiger charge is -2.20. The van der Waals surface area contributed by atoms with Gasteiger partial charge in [0.1, 0.15) is 5.82 Å². The monoisotopic (exact) mass is 414 g/mol. The number of nitrogens with one attached hydrogen (secondary N) is 2. The van der Waals surface area contributed by atoms with Crippen LogP contribution in [0.25, 0.3) is 0 Å². The van der Waals surface area contributed by atoms with E-state index >= 15 is 0 Å². The summed E-state index contributed by atoms with van der Waals surface area (Å²) in [5.41, 5.74) is 1.17. The van der Waals surface area contributed by atoms with Gasteiger partial charge in [-0.05, 0) is 70.5 Å². The molecular weight excluding hydrogens is 379 g/mol. The van der Waals surface area contributed by atoms with Crippen LogP contribution < -0.4 is 10.6 Å². The van der Waals surface area contributed by atoms with Gasteiger partial charge in [-0.15, -0.1) is 0 Å². The summed E-state index contributed by atoms with van der Waals surface area (Å²) < 4.78 is 36.9. The summed E-state index contributed by atoms with van der Waals surface area (Å²) in [5, 5.41) is 6.45. The zero-order chi connectivity index (χ0) is 21.2. The predicted molar refractivity (Wildman–Crippen MR) is 115 cm³/mol. The SMILES string of the molecule is CCNC(=NCc1cc(F)ccc1CS(C)(=O)=O)NCCCCN(C)C(C)C. The van der Waals surface area contributed by atoms with Crippen molar-refractivity contribution in [1.82, 2.24) is 15.5 Å². The van der Waals surface area contributed by atoms with Gasteiger partial charge in [0.25, 0.3) is 0 Å². The van der Waals surface area contributed by atoms with Crippen molar-refractivity contribution < 1.29 is 12.8 Å². The van der Waals surface area contributed by atoms with Gasteiger partial charge in [-0.2, -0.15) is 0 Å². The fraction of sp³-hybridized carbons (Fsp3) is 0.650. The number of unbranched alkanes of at least 4 members (excludes halogenated alkanes) is 1. The van der Waals surface area contributed by atoms with Crippen LogP contribution in [-0.2, 0) is 22.1 Å². The van der Waals surface area contributed by atoms with E-state index in [0.29, 0.717) is 29.7 Å². The van der Waals surface area contributed by atoms with Crippen molar-refractivity contribution in [2.45, 2.75) is 52.0 Å². The third kappa shape index (κ3) is 10.0. The van der Waals surface area contributed by atoms with E-state index in [0.717, 1.165) is 25.9 Å². The Morgan fingerprint density at radius 3 is 2.54 bits per heavy atom. The average Bonchev–Trinajstić information content (AvgIpc) is 2.59. The molecule has 160 valence electrons. The van der Waals surface area contributed by atoms with E-state index in [4.69, 9.17) is 0 Å². The molecule has 0 amide bonds. The number of rotatable bonds is 11. The largest absolute Gasteiger partial charge is 0.357 e. The highest BCUT2D eigenvalue weighted by Gasteiger charge is 2.11. The number of guanidine groups is 1. The highest BCUT2D eigenvalue weighted by molar-refractivity contribution is 7.89. The Hall–Kier alpha value is -1.67. The third-order valence-corrected chi connectivity index (χ3v) is 5.28. The second kappa shape index (κ2) is 12.0. The van der Waals surface area contributed by atoms with Crippen LogP contribution >= 0.6 is 0 Å². The van der Waals surface area contributed by atoms with Gasteiger partial charge in [0.15, 0.2) is 15.8 Å². The molecule has 0 bridgehead atoms. The van der Waals surface area contributed by atoms with Crippen LogP contribution in [0.15, 0.2) is 23.2 Å². The van der Waals surface area contributed by atoms with Crippen molar-refractivity contribution in [3.05, 3.63) is 35.1 Å². The number of sulfone groups is 1. The van der Waals surface area contributed by atoms with Gasteiger partial charge >= 0.3 is 0 Å². The Labute approximate surface area is 169 Å². The molecule has 1 rings (SSSR count). The fourth-order valence-electron chi connectivity index (χ4n) is 2.62. The van der Waals surface area contributed by atoms with E-state index in [1.54, 1.807) is 0 Å². The molecule has 2 N–H and O–H groups in total. The molecule has 0 aliphatic carbocycles. The number of halogens is 1. The Morgan fingerprint density at radius 1 is 1.21 bits per heavy atom. The van der Waals surface area contributed by atoms with Gasteiger partial charge in [-0.25, -0.2) is 17.8 Å². The molecule has 0 aromatic heterocycles. The van der Waals surface area contributed by atoms with Gasteiger partial charge in [-0.3, -0.25) is 0 Å². The molecule has 0 saturated carbocycles. The number of hydrogen-bond donors (Lipinski definition) is 2. The van der Waals surface area contributed by atoms with Crippen molar-refractivity contribution in [3.8, 4) is 0 Å². The molecular formula is C20H35FN4O2S. The van der Waals surface area contributed by atoms with Crippen LogP contribution in [0.4, 0.5) is 4.39 Å². The molecule has 0 radical (unpaired) electrons. The van der Waals surface area contributed by atoms with Crippen LogP contribution in [0.1, 0.15) is 44.7 Å². The maximum Gasteiger partial charge on any atom is 0.191 e. The van der Waals surface area contributed by atoms with E-state index in [2.05, 4.69) is 41.4 Å². The summed E-state index contributed by atoms with van der Waals surface area (Å²) in [6, 6.07) is 4.70. The van der Waals surface area contributed by atoms with E-state index in [-0.39, 0.29) is 12.3 Å². The summed E-state index contributed by atoms with van der Waals surface area (Å²) in [4.78, 5) is 6.81. The van der Waals surface area contributed by atoms with Gasteiger partial charge < -0.3 is 15.5 Å². The van der Waals surface area contributed by atoms with Crippen molar-refractivity contribution in [2.75, 3.05) is 32.9 Å². The van der Waals surface area contributed by atoms with E-state index < -0.39 is 15.7 Å². The zero-order valence-corrected chi connectivity index (χ0v) is 18.6. The fourth-order valence-corrected chi connectivity index (χ4v) is 3.47. The van der Waals surface area contributed by atoms with Crippen LogP contribution in [0.2, 0.25) is 0 Å². The minimum absolute atomic E-state index is 0.120. The van der Waals surface area contributed by atoms with Crippen molar-refractivity contribution in [3.63, 3.8) is 0 Å².